The summed E-state index contributed by atoms with van der Waals surface area (Å²) in [5, 5.41) is 5.92. The summed E-state index contributed by atoms with van der Waals surface area (Å²) in [6, 6.07) is 15.6. The van der Waals surface area contributed by atoms with Crippen LogP contribution in [0.3, 0.4) is 0 Å². The van der Waals surface area contributed by atoms with Crippen LogP contribution < -0.4 is 15.5 Å². The second-order valence-corrected chi connectivity index (χ2v) is 7.64. The van der Waals surface area contributed by atoms with E-state index in [1.165, 1.54) is 0 Å². The molecule has 1 unspecified atom stereocenters. The monoisotopic (exact) mass is 409 g/mol. The fourth-order valence-electron chi connectivity index (χ4n) is 3.78. The molecule has 0 bridgehead atoms. The van der Waals surface area contributed by atoms with Crippen LogP contribution in [0.5, 0.6) is 0 Å². The number of rotatable bonds is 9. The Balaban J connectivity index is 1.58. The number of anilines is 1. The first-order valence-corrected chi connectivity index (χ1v) is 10.7. The minimum atomic E-state index is -0.449. The average Bonchev–Trinajstić information content (AvgIpc) is 2.75. The number of amides is 2. The Morgan fingerprint density at radius 1 is 1.13 bits per heavy atom. The highest BCUT2D eigenvalue weighted by atomic mass is 16.5. The first kappa shape index (κ1) is 21.7. The molecule has 0 saturated carbocycles. The summed E-state index contributed by atoms with van der Waals surface area (Å²) in [6.45, 7) is 5.67. The summed E-state index contributed by atoms with van der Waals surface area (Å²) in [7, 11) is 0. The first-order valence-electron chi connectivity index (χ1n) is 10.7. The van der Waals surface area contributed by atoms with Gasteiger partial charge in [0.1, 0.15) is 12.8 Å². The van der Waals surface area contributed by atoms with Crippen molar-refractivity contribution in [2.45, 2.75) is 52.3 Å². The number of alkyl carbamates (subject to hydrolysis) is 1. The van der Waals surface area contributed by atoms with Gasteiger partial charge in [-0.15, -0.1) is 0 Å². The average molecular weight is 410 g/mol. The summed E-state index contributed by atoms with van der Waals surface area (Å²) in [6.07, 6.45) is 3.34. The highest BCUT2D eigenvalue weighted by Gasteiger charge is 2.31. The van der Waals surface area contributed by atoms with E-state index in [9.17, 15) is 9.59 Å². The van der Waals surface area contributed by atoms with E-state index in [1.54, 1.807) is 0 Å². The van der Waals surface area contributed by atoms with Crippen LogP contribution >= 0.6 is 0 Å². The van der Waals surface area contributed by atoms with Crippen LogP contribution in [0.2, 0.25) is 0 Å². The molecule has 1 heterocycles. The molecule has 2 aromatic carbocycles. The quantitative estimate of drug-likeness (QED) is 0.603. The molecule has 1 aliphatic heterocycles. The molecular weight excluding hydrogens is 378 g/mol. The van der Waals surface area contributed by atoms with Crippen molar-refractivity contribution in [2.75, 3.05) is 18.0 Å². The van der Waals surface area contributed by atoms with Gasteiger partial charge < -0.3 is 20.3 Å². The fourth-order valence-corrected chi connectivity index (χ4v) is 3.78. The number of carbonyl (C=O) groups excluding carboxylic acids is 2. The van der Waals surface area contributed by atoms with Crippen molar-refractivity contribution < 1.29 is 14.3 Å². The number of aryl methyl sites for hydroxylation is 1. The molecule has 0 radical (unpaired) electrons. The number of unbranched alkanes of at least 4 members (excludes halogenated alkanes) is 2. The first-order chi connectivity index (χ1) is 14.6. The van der Waals surface area contributed by atoms with Crippen LogP contribution in [-0.2, 0) is 11.3 Å². The lowest BCUT2D eigenvalue weighted by Gasteiger charge is -2.39. The number of hydrogen-bond donors (Lipinski definition) is 2. The van der Waals surface area contributed by atoms with E-state index >= 15 is 0 Å². The van der Waals surface area contributed by atoms with Gasteiger partial charge in [0.05, 0.1) is 11.3 Å². The molecule has 0 fully saturated rings. The highest BCUT2D eigenvalue weighted by molar-refractivity contribution is 6.03. The molecule has 160 valence electrons. The molecule has 0 aliphatic carbocycles. The Morgan fingerprint density at radius 3 is 2.70 bits per heavy atom. The molecule has 0 spiro atoms. The number of nitrogens with one attached hydrogen (secondary N) is 2. The third kappa shape index (κ3) is 5.53. The standard InChI is InChI=1S/C24H31N3O3/c1-3-4-8-16-27-20-13-9-10-18(2)22(20)23(28)26-21(27)14-15-25-24(29)30-17-19-11-6-5-7-12-19/h5-7,9-13,21H,3-4,8,14-17H2,1-2H3,(H,25,29)(H,26,28). The fraction of sp³-hybridized carbons (Fsp3) is 0.417. The third-order valence-electron chi connectivity index (χ3n) is 5.36. The van der Waals surface area contributed by atoms with Crippen molar-refractivity contribution >= 4 is 17.7 Å². The molecule has 1 aliphatic rings. The van der Waals surface area contributed by atoms with Gasteiger partial charge in [0.15, 0.2) is 0 Å². The summed E-state index contributed by atoms with van der Waals surface area (Å²) in [5.74, 6) is -0.0495. The lowest BCUT2D eigenvalue weighted by Crippen LogP contribution is -2.54. The normalized spacial score (nSPS) is 15.3. The zero-order valence-corrected chi connectivity index (χ0v) is 17.8. The number of hydrogen-bond acceptors (Lipinski definition) is 4. The molecule has 1 atom stereocenters. The zero-order valence-electron chi connectivity index (χ0n) is 17.8. The Bertz CT molecular complexity index is 854. The van der Waals surface area contributed by atoms with Crippen LogP contribution in [0.1, 0.15) is 54.1 Å². The topological polar surface area (TPSA) is 70.7 Å². The van der Waals surface area contributed by atoms with E-state index in [0.717, 1.165) is 48.2 Å². The second-order valence-electron chi connectivity index (χ2n) is 7.64. The van der Waals surface area contributed by atoms with Gasteiger partial charge in [-0.25, -0.2) is 4.79 Å². The molecule has 2 aromatic rings. The SMILES string of the molecule is CCCCCN1c2cccc(C)c2C(=O)NC1CCNC(=O)OCc1ccccc1. The summed E-state index contributed by atoms with van der Waals surface area (Å²) >= 11 is 0. The van der Waals surface area contributed by atoms with Gasteiger partial charge in [0.25, 0.3) is 5.91 Å². The molecule has 6 heteroatoms. The predicted molar refractivity (Wildman–Crippen MR) is 119 cm³/mol. The van der Waals surface area contributed by atoms with Gasteiger partial charge in [-0.3, -0.25) is 4.79 Å². The van der Waals surface area contributed by atoms with Gasteiger partial charge in [0.2, 0.25) is 0 Å². The van der Waals surface area contributed by atoms with Gasteiger partial charge >= 0.3 is 6.09 Å². The maximum atomic E-state index is 12.7. The second kappa shape index (κ2) is 10.7. The van der Waals surface area contributed by atoms with E-state index in [2.05, 4.69) is 22.5 Å². The molecule has 2 N–H and O–H groups in total. The third-order valence-corrected chi connectivity index (χ3v) is 5.36. The van der Waals surface area contributed by atoms with E-state index < -0.39 is 6.09 Å². The molecule has 2 amide bonds. The van der Waals surface area contributed by atoms with Gasteiger partial charge in [-0.1, -0.05) is 62.2 Å². The highest BCUT2D eigenvalue weighted by Crippen LogP contribution is 2.30. The van der Waals surface area contributed by atoms with E-state index in [1.807, 2.05) is 55.5 Å². The number of carbonyl (C=O) groups is 2. The van der Waals surface area contributed by atoms with Crippen molar-refractivity contribution in [1.29, 1.82) is 0 Å². The zero-order chi connectivity index (χ0) is 21.3. The van der Waals surface area contributed by atoms with Crippen LogP contribution in [0.25, 0.3) is 0 Å². The van der Waals surface area contributed by atoms with E-state index in [0.29, 0.717) is 13.0 Å². The van der Waals surface area contributed by atoms with Gasteiger partial charge in [-0.2, -0.15) is 0 Å². The number of ether oxygens (including phenoxy) is 1. The van der Waals surface area contributed by atoms with Crippen molar-refractivity contribution in [1.82, 2.24) is 10.6 Å². The lowest BCUT2D eigenvalue weighted by molar-refractivity contribution is 0.0923. The van der Waals surface area contributed by atoms with Crippen molar-refractivity contribution in [3.05, 3.63) is 65.2 Å². The van der Waals surface area contributed by atoms with E-state index in [4.69, 9.17) is 4.74 Å². The molecule has 6 nitrogen and oxygen atoms in total. The summed E-state index contributed by atoms with van der Waals surface area (Å²) in [4.78, 5) is 27.0. The molecule has 30 heavy (non-hydrogen) atoms. The Kier molecular flexibility index (Phi) is 7.71. The van der Waals surface area contributed by atoms with Crippen LogP contribution in [0.4, 0.5) is 10.5 Å². The Morgan fingerprint density at radius 2 is 1.93 bits per heavy atom. The van der Waals surface area contributed by atoms with Crippen LogP contribution in [0, 0.1) is 6.92 Å². The maximum Gasteiger partial charge on any atom is 0.407 e. The molecule has 3 rings (SSSR count). The number of nitrogens with zero attached hydrogens (tertiary/aromatic N) is 1. The number of fused-ring (bicyclic) bond motifs is 1. The van der Waals surface area contributed by atoms with E-state index in [-0.39, 0.29) is 18.7 Å². The minimum Gasteiger partial charge on any atom is -0.445 e. The minimum absolute atomic E-state index is 0.0495. The molecule has 0 saturated heterocycles. The number of benzene rings is 2. The largest absolute Gasteiger partial charge is 0.445 e. The Hall–Kier alpha value is -3.02. The molecular formula is C24H31N3O3. The Labute approximate surface area is 178 Å². The van der Waals surface area contributed by atoms with Crippen molar-refractivity contribution in [3.8, 4) is 0 Å². The molecule has 0 aromatic heterocycles. The van der Waals surface area contributed by atoms with Crippen molar-refractivity contribution in [3.63, 3.8) is 0 Å². The van der Waals surface area contributed by atoms with Crippen LogP contribution in [0.15, 0.2) is 48.5 Å². The maximum absolute atomic E-state index is 12.7. The van der Waals surface area contributed by atoms with Crippen LogP contribution in [-0.4, -0.2) is 31.3 Å². The summed E-state index contributed by atoms with van der Waals surface area (Å²) < 4.78 is 5.27. The smallest absolute Gasteiger partial charge is 0.407 e. The lowest BCUT2D eigenvalue weighted by atomic mass is 10.0. The predicted octanol–water partition coefficient (Wildman–Crippen LogP) is 4.38. The summed E-state index contributed by atoms with van der Waals surface area (Å²) in [5.41, 5.74) is 3.65. The van der Waals surface area contributed by atoms with Gasteiger partial charge in [-0.05, 0) is 30.5 Å². The van der Waals surface area contributed by atoms with Gasteiger partial charge in [0, 0.05) is 19.5 Å². The van der Waals surface area contributed by atoms with Crippen molar-refractivity contribution in [2.24, 2.45) is 0 Å².